The van der Waals surface area contributed by atoms with Crippen LogP contribution >= 0.6 is 0 Å². The molecule has 2 aliphatic rings. The lowest BCUT2D eigenvalue weighted by Crippen LogP contribution is -2.27. The maximum absolute atomic E-state index is 5.06. The Balaban J connectivity index is 0.921. The van der Waals surface area contributed by atoms with Gasteiger partial charge in [-0.25, -0.2) is 15.0 Å². The lowest BCUT2D eigenvalue weighted by molar-refractivity contribution is 0.353. The Bertz CT molecular complexity index is 3000. The maximum Gasteiger partial charge on any atom is 0.164 e. The van der Waals surface area contributed by atoms with Crippen LogP contribution in [-0.2, 0) is 5.41 Å². The molecule has 1 saturated carbocycles. The van der Waals surface area contributed by atoms with E-state index in [4.69, 9.17) is 15.0 Å². The molecular formula is C57H43N3. The molecule has 0 bridgehead atoms. The zero-order chi connectivity index (χ0) is 39.9. The molecule has 0 radical (unpaired) electrons. The average molecular weight is 770 g/mol. The quantitative estimate of drug-likeness (QED) is 0.162. The van der Waals surface area contributed by atoms with Crippen LogP contribution in [0.4, 0.5) is 0 Å². The molecule has 0 saturated heterocycles. The van der Waals surface area contributed by atoms with Crippen molar-refractivity contribution in [3.63, 3.8) is 0 Å². The molecule has 1 aromatic heterocycles. The number of nitrogens with zero attached hydrogens (tertiary/aromatic N) is 3. The van der Waals surface area contributed by atoms with Gasteiger partial charge in [0.1, 0.15) is 0 Å². The predicted octanol–water partition coefficient (Wildman–Crippen LogP) is 14.8. The Hall–Kier alpha value is -7.23. The first-order valence-electron chi connectivity index (χ1n) is 21.2. The van der Waals surface area contributed by atoms with Crippen LogP contribution in [0.3, 0.4) is 0 Å². The molecule has 60 heavy (non-hydrogen) atoms. The number of fused-ring (bicyclic) bond motifs is 5. The molecular weight excluding hydrogens is 727 g/mol. The second-order valence-corrected chi connectivity index (χ2v) is 16.3. The van der Waals surface area contributed by atoms with Crippen LogP contribution in [0.1, 0.15) is 43.2 Å². The molecule has 1 heterocycles. The van der Waals surface area contributed by atoms with Crippen LogP contribution in [-0.4, -0.2) is 15.0 Å². The standard InChI is InChI=1S/C57H43N3/c1-4-16-39(17-5-1)44-21-14-25-48(38-44)56-59-54(41-18-6-2-7-19-41)58-55(60-56)42-32-30-40(31-33-42)43-20-12-22-45(36-43)46-23-13-24-47(37-46)49-27-15-29-52-53(49)50-26-8-9-28-51(50)57(52)34-10-3-11-35-57/h1-2,4-9,12-33,36-38H,3,10-11,34-35H2. The summed E-state index contributed by atoms with van der Waals surface area (Å²) in [6.07, 6.45) is 6.41. The minimum Gasteiger partial charge on any atom is -0.208 e. The van der Waals surface area contributed by atoms with Gasteiger partial charge in [-0.2, -0.15) is 0 Å². The number of hydrogen-bond acceptors (Lipinski definition) is 3. The first-order valence-corrected chi connectivity index (χ1v) is 21.2. The van der Waals surface area contributed by atoms with Crippen LogP contribution in [0.2, 0.25) is 0 Å². The van der Waals surface area contributed by atoms with Gasteiger partial charge in [0.05, 0.1) is 0 Å². The van der Waals surface area contributed by atoms with Crippen LogP contribution in [0, 0.1) is 0 Å². The van der Waals surface area contributed by atoms with Crippen molar-refractivity contribution in [1.29, 1.82) is 0 Å². The molecule has 0 aliphatic heterocycles. The van der Waals surface area contributed by atoms with Crippen LogP contribution in [0.15, 0.2) is 200 Å². The Kier molecular flexibility index (Phi) is 9.08. The zero-order valence-corrected chi connectivity index (χ0v) is 33.4. The maximum atomic E-state index is 5.06. The molecule has 9 aromatic rings. The van der Waals surface area contributed by atoms with E-state index in [9.17, 15) is 0 Å². The van der Waals surface area contributed by atoms with Gasteiger partial charge in [0.15, 0.2) is 17.5 Å². The largest absolute Gasteiger partial charge is 0.208 e. The number of benzene rings is 8. The van der Waals surface area contributed by atoms with Gasteiger partial charge in [-0.1, -0.05) is 201 Å². The van der Waals surface area contributed by atoms with Gasteiger partial charge >= 0.3 is 0 Å². The molecule has 3 nitrogen and oxygen atoms in total. The molecule has 1 spiro atoms. The Morgan fingerprint density at radius 2 is 0.683 bits per heavy atom. The second kappa shape index (κ2) is 15.2. The molecule has 11 rings (SSSR count). The third kappa shape index (κ3) is 6.44. The SMILES string of the molecule is c1ccc(-c2cccc(-c3nc(-c4ccccc4)nc(-c4ccc(-c5cccc(-c6cccc(-c7cccc8c7-c7ccccc7C87CCCCC7)c6)c5)cc4)n3)c2)cc1. The summed E-state index contributed by atoms with van der Waals surface area (Å²) < 4.78 is 0. The van der Waals surface area contributed by atoms with Crippen molar-refractivity contribution in [2.24, 2.45) is 0 Å². The lowest BCUT2D eigenvalue weighted by atomic mass is 9.68. The van der Waals surface area contributed by atoms with Crippen molar-refractivity contribution in [2.75, 3.05) is 0 Å². The van der Waals surface area contributed by atoms with Gasteiger partial charge in [0.25, 0.3) is 0 Å². The van der Waals surface area contributed by atoms with Crippen molar-refractivity contribution in [3.05, 3.63) is 211 Å². The Morgan fingerprint density at radius 3 is 1.35 bits per heavy atom. The van der Waals surface area contributed by atoms with Crippen LogP contribution < -0.4 is 0 Å². The van der Waals surface area contributed by atoms with Crippen molar-refractivity contribution in [2.45, 2.75) is 37.5 Å². The molecule has 0 N–H and O–H groups in total. The average Bonchev–Trinajstić information content (AvgIpc) is 3.60. The summed E-state index contributed by atoms with van der Waals surface area (Å²) in [5, 5.41) is 0. The Labute approximate surface area is 352 Å². The fourth-order valence-corrected chi connectivity index (χ4v) is 9.81. The van der Waals surface area contributed by atoms with Gasteiger partial charge in [-0.3, -0.25) is 0 Å². The summed E-state index contributed by atoms with van der Waals surface area (Å²) in [5.74, 6) is 1.94. The molecule has 0 atom stereocenters. The third-order valence-electron chi connectivity index (χ3n) is 12.7. The topological polar surface area (TPSA) is 38.7 Å². The van der Waals surface area contributed by atoms with E-state index in [-0.39, 0.29) is 5.41 Å². The van der Waals surface area contributed by atoms with Gasteiger partial charge in [0.2, 0.25) is 0 Å². The van der Waals surface area contributed by atoms with E-state index in [2.05, 4.69) is 164 Å². The first kappa shape index (κ1) is 35.9. The van der Waals surface area contributed by atoms with Crippen molar-refractivity contribution >= 4 is 0 Å². The smallest absolute Gasteiger partial charge is 0.164 e. The molecule has 2 aliphatic carbocycles. The summed E-state index contributed by atoms with van der Waals surface area (Å²) >= 11 is 0. The molecule has 0 amide bonds. The number of rotatable bonds is 7. The highest BCUT2D eigenvalue weighted by atomic mass is 15.0. The third-order valence-corrected chi connectivity index (χ3v) is 12.7. The van der Waals surface area contributed by atoms with Gasteiger partial charge < -0.3 is 0 Å². The molecule has 8 aromatic carbocycles. The fraction of sp³-hybridized carbons (Fsp3) is 0.105. The minimum atomic E-state index is 0.145. The molecule has 0 unspecified atom stereocenters. The Morgan fingerprint density at radius 1 is 0.283 bits per heavy atom. The first-order chi connectivity index (χ1) is 29.7. The van der Waals surface area contributed by atoms with Gasteiger partial charge in [-0.15, -0.1) is 0 Å². The van der Waals surface area contributed by atoms with E-state index in [1.165, 1.54) is 76.6 Å². The molecule has 3 heteroatoms. The second-order valence-electron chi connectivity index (χ2n) is 16.3. The van der Waals surface area contributed by atoms with E-state index < -0.39 is 0 Å². The summed E-state index contributed by atoms with van der Waals surface area (Å²) in [5.41, 5.74) is 18.5. The van der Waals surface area contributed by atoms with Crippen LogP contribution in [0.25, 0.3) is 89.8 Å². The lowest BCUT2D eigenvalue weighted by Gasteiger charge is -2.36. The van der Waals surface area contributed by atoms with Crippen molar-refractivity contribution < 1.29 is 0 Å². The number of hydrogen-bond donors (Lipinski definition) is 0. The monoisotopic (exact) mass is 769 g/mol. The van der Waals surface area contributed by atoms with Crippen molar-refractivity contribution in [1.82, 2.24) is 15.0 Å². The zero-order valence-electron chi connectivity index (χ0n) is 33.4. The van der Waals surface area contributed by atoms with E-state index in [1.807, 2.05) is 36.4 Å². The fourth-order valence-electron chi connectivity index (χ4n) is 9.81. The van der Waals surface area contributed by atoms with Gasteiger partial charge in [0, 0.05) is 22.1 Å². The van der Waals surface area contributed by atoms with E-state index in [1.54, 1.807) is 0 Å². The highest BCUT2D eigenvalue weighted by molar-refractivity contribution is 5.93. The van der Waals surface area contributed by atoms with Gasteiger partial charge in [-0.05, 0) is 97.8 Å². The molecule has 1 fully saturated rings. The highest BCUT2D eigenvalue weighted by Gasteiger charge is 2.44. The highest BCUT2D eigenvalue weighted by Crippen LogP contribution is 2.57. The van der Waals surface area contributed by atoms with E-state index in [0.29, 0.717) is 17.5 Å². The minimum absolute atomic E-state index is 0.145. The summed E-state index contributed by atoms with van der Waals surface area (Å²) in [4.78, 5) is 15.1. The van der Waals surface area contributed by atoms with Crippen LogP contribution in [0.5, 0.6) is 0 Å². The summed E-state index contributed by atoms with van der Waals surface area (Å²) in [6, 6.07) is 71.9. The number of aromatic nitrogens is 3. The van der Waals surface area contributed by atoms with E-state index in [0.717, 1.165) is 38.9 Å². The molecule has 286 valence electrons. The van der Waals surface area contributed by atoms with E-state index >= 15 is 0 Å². The summed E-state index contributed by atoms with van der Waals surface area (Å²) in [6.45, 7) is 0. The normalized spacial score (nSPS) is 13.8. The predicted molar refractivity (Wildman–Crippen MR) is 247 cm³/mol. The summed E-state index contributed by atoms with van der Waals surface area (Å²) in [7, 11) is 0. The van der Waals surface area contributed by atoms with Crippen molar-refractivity contribution in [3.8, 4) is 89.8 Å².